The van der Waals surface area contributed by atoms with Crippen LogP contribution in [-0.2, 0) is 9.53 Å². The molecule has 0 aliphatic heterocycles. The molecule has 0 aromatic carbocycles. The number of rotatable bonds is 6. The Morgan fingerprint density at radius 3 is 2.70 bits per heavy atom. The van der Waals surface area contributed by atoms with Gasteiger partial charge in [0.2, 0.25) is 0 Å². The second-order valence-corrected chi connectivity index (χ2v) is 7.67. The van der Waals surface area contributed by atoms with E-state index in [1.165, 1.54) is 13.5 Å². The Hall–Kier alpha value is -0.690. The van der Waals surface area contributed by atoms with Crippen LogP contribution in [0.5, 0.6) is 0 Å². The smallest absolute Gasteiger partial charge is 0.306 e. The number of carbonyl (C=O) groups is 1. The Kier molecular flexibility index (Phi) is 6.88. The number of nitriles is 1. The SMILES string of the molecule is CCC(C)(C)C1CCC(C#N)C(SCCC(=O)OC)C1. The van der Waals surface area contributed by atoms with E-state index >= 15 is 0 Å². The second-order valence-electron chi connectivity index (χ2n) is 6.32. The van der Waals surface area contributed by atoms with Crippen molar-refractivity contribution >= 4 is 17.7 Å². The van der Waals surface area contributed by atoms with Crippen LogP contribution in [0.4, 0.5) is 0 Å². The molecule has 1 aliphatic carbocycles. The first kappa shape index (κ1) is 17.4. The highest BCUT2D eigenvalue weighted by Crippen LogP contribution is 2.45. The molecule has 114 valence electrons. The van der Waals surface area contributed by atoms with E-state index in [1.54, 1.807) is 11.8 Å². The minimum Gasteiger partial charge on any atom is -0.469 e. The predicted octanol–water partition coefficient (Wildman–Crippen LogP) is 4.03. The van der Waals surface area contributed by atoms with Crippen molar-refractivity contribution in [3.05, 3.63) is 0 Å². The van der Waals surface area contributed by atoms with Gasteiger partial charge in [0.05, 0.1) is 25.5 Å². The quantitative estimate of drug-likeness (QED) is 0.695. The summed E-state index contributed by atoms with van der Waals surface area (Å²) in [5.41, 5.74) is 0.349. The normalized spacial score (nSPS) is 26.9. The summed E-state index contributed by atoms with van der Waals surface area (Å²) >= 11 is 1.78. The van der Waals surface area contributed by atoms with Gasteiger partial charge in [0.15, 0.2) is 0 Å². The van der Waals surface area contributed by atoms with Gasteiger partial charge in [0.25, 0.3) is 0 Å². The molecule has 20 heavy (non-hydrogen) atoms. The van der Waals surface area contributed by atoms with Gasteiger partial charge in [0, 0.05) is 11.0 Å². The molecule has 0 bridgehead atoms. The van der Waals surface area contributed by atoms with Crippen molar-refractivity contribution in [3.63, 3.8) is 0 Å². The van der Waals surface area contributed by atoms with E-state index in [2.05, 4.69) is 31.6 Å². The summed E-state index contributed by atoms with van der Waals surface area (Å²) in [7, 11) is 1.42. The molecule has 0 heterocycles. The van der Waals surface area contributed by atoms with Crippen molar-refractivity contribution in [2.45, 2.75) is 58.1 Å². The summed E-state index contributed by atoms with van der Waals surface area (Å²) in [6, 6.07) is 2.46. The molecule has 1 saturated carbocycles. The van der Waals surface area contributed by atoms with Crippen molar-refractivity contribution in [2.75, 3.05) is 12.9 Å². The van der Waals surface area contributed by atoms with Gasteiger partial charge in [-0.25, -0.2) is 0 Å². The van der Waals surface area contributed by atoms with Crippen LogP contribution in [0.1, 0.15) is 52.9 Å². The second kappa shape index (κ2) is 7.93. The molecule has 0 amide bonds. The predicted molar refractivity (Wildman–Crippen MR) is 83.4 cm³/mol. The third-order valence-electron chi connectivity index (χ3n) is 4.84. The maximum absolute atomic E-state index is 11.2. The van der Waals surface area contributed by atoms with Gasteiger partial charge in [-0.15, -0.1) is 0 Å². The number of hydrogen-bond acceptors (Lipinski definition) is 4. The average molecular weight is 297 g/mol. The summed E-state index contributed by atoms with van der Waals surface area (Å²) in [5.74, 6) is 1.43. The van der Waals surface area contributed by atoms with Gasteiger partial charge in [-0.05, 0) is 30.6 Å². The van der Waals surface area contributed by atoms with Crippen LogP contribution < -0.4 is 0 Å². The lowest BCUT2D eigenvalue weighted by molar-refractivity contribution is -0.140. The third-order valence-corrected chi connectivity index (χ3v) is 6.23. The number of thioether (sulfide) groups is 1. The highest BCUT2D eigenvalue weighted by Gasteiger charge is 2.37. The zero-order chi connectivity index (χ0) is 15.2. The molecule has 0 radical (unpaired) electrons. The fourth-order valence-corrected chi connectivity index (χ4v) is 4.24. The largest absolute Gasteiger partial charge is 0.469 e. The Labute approximate surface area is 127 Å². The summed E-state index contributed by atoms with van der Waals surface area (Å²) in [5, 5.41) is 9.68. The number of carbonyl (C=O) groups excluding carboxylic acids is 1. The summed E-state index contributed by atoms with van der Waals surface area (Å²) in [6.07, 6.45) is 4.88. The lowest BCUT2D eigenvalue weighted by Gasteiger charge is -2.41. The maximum atomic E-state index is 11.2. The Balaban J connectivity index is 2.56. The van der Waals surface area contributed by atoms with Crippen molar-refractivity contribution in [3.8, 4) is 6.07 Å². The van der Waals surface area contributed by atoms with E-state index in [0.29, 0.717) is 23.0 Å². The van der Waals surface area contributed by atoms with Crippen LogP contribution in [0.3, 0.4) is 0 Å². The minimum absolute atomic E-state index is 0.140. The van der Waals surface area contributed by atoms with Gasteiger partial charge in [-0.1, -0.05) is 27.2 Å². The molecule has 3 unspecified atom stereocenters. The molecule has 3 nitrogen and oxygen atoms in total. The first-order chi connectivity index (χ1) is 9.44. The average Bonchev–Trinajstić information content (AvgIpc) is 2.46. The standard InChI is InChI=1S/C16H27NO2S/c1-5-16(2,3)13-7-6-12(11-17)14(10-13)20-9-8-15(18)19-4/h12-14H,5-10H2,1-4H3. The highest BCUT2D eigenvalue weighted by molar-refractivity contribution is 7.99. The van der Waals surface area contributed by atoms with E-state index in [9.17, 15) is 10.1 Å². The summed E-state index contributed by atoms with van der Waals surface area (Å²) in [6.45, 7) is 6.91. The maximum Gasteiger partial charge on any atom is 0.306 e. The van der Waals surface area contributed by atoms with Gasteiger partial charge in [0.1, 0.15) is 0 Å². The molecule has 0 saturated heterocycles. The lowest BCUT2D eigenvalue weighted by Crippen LogP contribution is -2.34. The molecular formula is C16H27NO2S. The van der Waals surface area contributed by atoms with Crippen molar-refractivity contribution < 1.29 is 9.53 Å². The molecule has 0 spiro atoms. The zero-order valence-corrected chi connectivity index (χ0v) is 14.0. The van der Waals surface area contributed by atoms with E-state index < -0.39 is 0 Å². The molecular weight excluding hydrogens is 270 g/mol. The number of nitrogens with zero attached hydrogens (tertiary/aromatic N) is 1. The number of ether oxygens (including phenoxy) is 1. The summed E-state index contributed by atoms with van der Waals surface area (Å²) in [4.78, 5) is 11.2. The molecule has 0 aromatic heterocycles. The van der Waals surface area contributed by atoms with Crippen LogP contribution in [0.25, 0.3) is 0 Å². The zero-order valence-electron chi connectivity index (χ0n) is 13.1. The van der Waals surface area contributed by atoms with E-state index in [1.807, 2.05) is 0 Å². The Morgan fingerprint density at radius 2 is 2.15 bits per heavy atom. The van der Waals surface area contributed by atoms with Crippen molar-refractivity contribution in [1.82, 2.24) is 0 Å². The molecule has 4 heteroatoms. The van der Waals surface area contributed by atoms with Crippen LogP contribution in [0, 0.1) is 28.6 Å². The van der Waals surface area contributed by atoms with Crippen LogP contribution in [0.15, 0.2) is 0 Å². The van der Waals surface area contributed by atoms with Gasteiger partial charge in [-0.3, -0.25) is 4.79 Å². The molecule has 1 aliphatic rings. The minimum atomic E-state index is -0.160. The fourth-order valence-electron chi connectivity index (χ4n) is 2.86. The third kappa shape index (κ3) is 4.70. The summed E-state index contributed by atoms with van der Waals surface area (Å²) < 4.78 is 4.67. The molecule has 3 atom stereocenters. The molecule has 0 N–H and O–H groups in total. The van der Waals surface area contributed by atoms with E-state index in [-0.39, 0.29) is 11.9 Å². The van der Waals surface area contributed by atoms with Gasteiger partial charge >= 0.3 is 5.97 Å². The number of esters is 1. The molecule has 1 fully saturated rings. The molecule has 1 rings (SSSR count). The molecule has 0 aromatic rings. The highest BCUT2D eigenvalue weighted by atomic mass is 32.2. The van der Waals surface area contributed by atoms with Crippen molar-refractivity contribution in [2.24, 2.45) is 17.3 Å². The fraction of sp³-hybridized carbons (Fsp3) is 0.875. The number of hydrogen-bond donors (Lipinski definition) is 0. The first-order valence-electron chi connectivity index (χ1n) is 7.52. The Morgan fingerprint density at radius 1 is 1.45 bits per heavy atom. The van der Waals surface area contributed by atoms with E-state index in [0.717, 1.165) is 25.0 Å². The van der Waals surface area contributed by atoms with Gasteiger partial charge < -0.3 is 4.74 Å². The van der Waals surface area contributed by atoms with E-state index in [4.69, 9.17) is 0 Å². The lowest BCUT2D eigenvalue weighted by atomic mass is 9.67. The monoisotopic (exact) mass is 297 g/mol. The first-order valence-corrected chi connectivity index (χ1v) is 8.57. The topological polar surface area (TPSA) is 50.1 Å². The Bertz CT molecular complexity index is 362. The number of methoxy groups -OCH3 is 1. The van der Waals surface area contributed by atoms with Gasteiger partial charge in [-0.2, -0.15) is 17.0 Å². The van der Waals surface area contributed by atoms with Crippen molar-refractivity contribution in [1.29, 1.82) is 5.26 Å². The van der Waals surface area contributed by atoms with Crippen LogP contribution in [-0.4, -0.2) is 24.1 Å². The van der Waals surface area contributed by atoms with Crippen LogP contribution in [0.2, 0.25) is 0 Å². The van der Waals surface area contributed by atoms with Crippen LogP contribution >= 0.6 is 11.8 Å².